The third-order valence-corrected chi connectivity index (χ3v) is 7.55. The number of hydrogen-bond acceptors (Lipinski definition) is 5. The molecule has 3 saturated heterocycles. The van der Waals surface area contributed by atoms with Crippen molar-refractivity contribution in [1.82, 2.24) is 14.7 Å². The van der Waals surface area contributed by atoms with Gasteiger partial charge in [0.2, 0.25) is 11.8 Å². The van der Waals surface area contributed by atoms with Crippen LogP contribution in [0, 0.1) is 24.2 Å². The van der Waals surface area contributed by atoms with Gasteiger partial charge in [-0.2, -0.15) is 5.26 Å². The van der Waals surface area contributed by atoms with Crippen LogP contribution in [0.2, 0.25) is 0 Å². The minimum absolute atomic E-state index is 0.0401. The highest BCUT2D eigenvalue weighted by Crippen LogP contribution is 2.48. The van der Waals surface area contributed by atoms with Gasteiger partial charge in [-0.05, 0) is 44.6 Å². The molecule has 7 heteroatoms. The van der Waals surface area contributed by atoms with Gasteiger partial charge >= 0.3 is 0 Å². The van der Waals surface area contributed by atoms with E-state index in [1.54, 1.807) is 4.90 Å². The molecule has 0 spiro atoms. The first-order chi connectivity index (χ1) is 14.4. The Labute approximate surface area is 177 Å². The lowest BCUT2D eigenvalue weighted by Gasteiger charge is -2.38. The van der Waals surface area contributed by atoms with Gasteiger partial charge in [-0.25, -0.2) is 0 Å². The van der Waals surface area contributed by atoms with E-state index >= 15 is 0 Å². The Hall–Kier alpha value is -2.43. The van der Waals surface area contributed by atoms with Crippen LogP contribution in [-0.4, -0.2) is 69.8 Å². The van der Waals surface area contributed by atoms with Crippen LogP contribution in [0.25, 0.3) is 0 Å². The number of rotatable bonds is 5. The second kappa shape index (κ2) is 7.07. The molecule has 2 N–H and O–H groups in total. The maximum absolute atomic E-state index is 13.1. The summed E-state index contributed by atoms with van der Waals surface area (Å²) in [6.45, 7) is 5.28. The predicted molar refractivity (Wildman–Crippen MR) is 111 cm³/mol. The summed E-state index contributed by atoms with van der Waals surface area (Å²) < 4.78 is 0. The average molecular weight is 408 g/mol. The molecule has 1 aromatic rings. The maximum atomic E-state index is 13.1. The van der Waals surface area contributed by atoms with Crippen molar-refractivity contribution in [3.8, 4) is 6.07 Å². The van der Waals surface area contributed by atoms with Crippen molar-refractivity contribution in [2.24, 2.45) is 11.7 Å². The SMILES string of the molecule is Cc1ccc([C@@H](C)N2C(=O)[C@H]3CC2CN3C[C@H](N)C(=O)N2[C@H](C#N)CC3C[C@@H]32)cc1. The lowest BCUT2D eigenvalue weighted by atomic mass is 10.0. The first kappa shape index (κ1) is 19.5. The number of carbonyl (C=O) groups is 2. The number of likely N-dealkylation sites (tertiary alicyclic amines) is 3. The van der Waals surface area contributed by atoms with Crippen LogP contribution in [0.3, 0.4) is 0 Å². The van der Waals surface area contributed by atoms with Crippen LogP contribution in [0.15, 0.2) is 24.3 Å². The summed E-state index contributed by atoms with van der Waals surface area (Å²) in [5.74, 6) is 0.482. The Kier molecular flexibility index (Phi) is 4.60. The van der Waals surface area contributed by atoms with Crippen molar-refractivity contribution in [1.29, 1.82) is 5.26 Å². The second-order valence-corrected chi connectivity index (χ2v) is 9.49. The van der Waals surface area contributed by atoms with E-state index in [0.29, 0.717) is 12.5 Å². The zero-order valence-corrected chi connectivity index (χ0v) is 17.6. The van der Waals surface area contributed by atoms with Crippen molar-refractivity contribution in [2.45, 2.75) is 69.4 Å². The molecule has 1 aliphatic carbocycles. The molecule has 0 radical (unpaired) electrons. The number of nitrogens with zero attached hydrogens (tertiary/aromatic N) is 4. The largest absolute Gasteiger partial charge is 0.330 e. The van der Waals surface area contributed by atoms with Crippen LogP contribution >= 0.6 is 0 Å². The molecule has 7 nitrogen and oxygen atoms in total. The molecule has 3 aliphatic heterocycles. The fraction of sp³-hybridized carbons (Fsp3) is 0.609. The van der Waals surface area contributed by atoms with Crippen LogP contribution < -0.4 is 5.73 Å². The summed E-state index contributed by atoms with van der Waals surface area (Å²) in [5.41, 5.74) is 8.64. The third kappa shape index (κ3) is 3.01. The molecule has 3 heterocycles. The van der Waals surface area contributed by atoms with E-state index in [9.17, 15) is 14.9 Å². The quantitative estimate of drug-likeness (QED) is 0.791. The number of nitrogens with two attached hydrogens (primary N) is 1. The first-order valence-electron chi connectivity index (χ1n) is 11.0. The highest BCUT2D eigenvalue weighted by molar-refractivity contribution is 5.87. The molecule has 1 aromatic carbocycles. The molecule has 0 aromatic heterocycles. The highest BCUT2D eigenvalue weighted by Gasteiger charge is 2.56. The van der Waals surface area contributed by atoms with Gasteiger partial charge in [-0.1, -0.05) is 29.8 Å². The van der Waals surface area contributed by atoms with Crippen LogP contribution in [0.1, 0.15) is 43.4 Å². The second-order valence-electron chi connectivity index (χ2n) is 9.49. The van der Waals surface area contributed by atoms with Gasteiger partial charge in [0.1, 0.15) is 6.04 Å². The summed E-state index contributed by atoms with van der Waals surface area (Å²) in [4.78, 5) is 31.9. The maximum Gasteiger partial charge on any atom is 0.242 e. The molecule has 5 rings (SSSR count). The van der Waals surface area contributed by atoms with E-state index in [0.717, 1.165) is 31.4 Å². The van der Waals surface area contributed by atoms with Crippen molar-refractivity contribution in [3.63, 3.8) is 0 Å². The Morgan fingerprint density at radius 3 is 2.67 bits per heavy atom. The van der Waals surface area contributed by atoms with Gasteiger partial charge in [0.05, 0.1) is 24.2 Å². The molecule has 30 heavy (non-hydrogen) atoms. The first-order valence-corrected chi connectivity index (χ1v) is 11.0. The fourth-order valence-corrected chi connectivity index (χ4v) is 5.82. The Balaban J connectivity index is 1.23. The standard InChI is InChI=1S/C23H29N5O2/c1-13-3-5-15(6-4-13)14(2)27-18-9-21(23(27)30)26(11-18)12-19(25)22(29)28-17(10-24)7-16-8-20(16)28/h3-6,14,16-21H,7-9,11-12,25H2,1-2H3/t14-,16?,17+,18?,19+,20+,21-/m1/s1. The molecule has 4 fully saturated rings. The lowest BCUT2D eigenvalue weighted by Crippen LogP contribution is -2.57. The summed E-state index contributed by atoms with van der Waals surface area (Å²) in [6.07, 6.45) is 2.57. The molecular weight excluding hydrogens is 378 g/mol. The van der Waals surface area contributed by atoms with Gasteiger partial charge in [0.25, 0.3) is 0 Å². The van der Waals surface area contributed by atoms with Crippen LogP contribution in [0.4, 0.5) is 0 Å². The zero-order valence-electron chi connectivity index (χ0n) is 17.6. The van der Waals surface area contributed by atoms with E-state index in [4.69, 9.17) is 5.73 Å². The van der Waals surface area contributed by atoms with E-state index in [-0.39, 0.29) is 42.0 Å². The van der Waals surface area contributed by atoms with Gasteiger partial charge in [-0.15, -0.1) is 0 Å². The molecule has 2 unspecified atom stereocenters. The predicted octanol–water partition coefficient (Wildman–Crippen LogP) is 1.18. The van der Waals surface area contributed by atoms with Gasteiger partial charge in [0, 0.05) is 25.2 Å². The smallest absolute Gasteiger partial charge is 0.242 e. The number of carbonyl (C=O) groups excluding carboxylic acids is 2. The summed E-state index contributed by atoms with van der Waals surface area (Å²) in [5, 5.41) is 9.36. The Bertz CT molecular complexity index is 909. The Morgan fingerprint density at radius 2 is 2.00 bits per heavy atom. The van der Waals surface area contributed by atoms with E-state index < -0.39 is 6.04 Å². The molecule has 1 saturated carbocycles. The van der Waals surface area contributed by atoms with Gasteiger partial charge < -0.3 is 15.5 Å². The van der Waals surface area contributed by atoms with Crippen molar-refractivity contribution in [2.75, 3.05) is 13.1 Å². The van der Waals surface area contributed by atoms with E-state index in [1.165, 1.54) is 5.56 Å². The monoisotopic (exact) mass is 407 g/mol. The summed E-state index contributed by atoms with van der Waals surface area (Å²) in [7, 11) is 0. The number of piperazine rings is 1. The van der Waals surface area contributed by atoms with Crippen molar-refractivity contribution < 1.29 is 9.59 Å². The molecule has 158 valence electrons. The topological polar surface area (TPSA) is 93.7 Å². The van der Waals surface area contributed by atoms with E-state index in [1.807, 2.05) is 4.90 Å². The minimum Gasteiger partial charge on any atom is -0.330 e. The normalized spacial score (nSPS) is 34.1. The van der Waals surface area contributed by atoms with Gasteiger partial charge in [0.15, 0.2) is 0 Å². The number of fused-ring (bicyclic) bond motifs is 3. The lowest BCUT2D eigenvalue weighted by molar-refractivity contribution is -0.141. The molecule has 4 aliphatic rings. The number of piperidine rings is 1. The fourth-order valence-electron chi connectivity index (χ4n) is 5.82. The summed E-state index contributed by atoms with van der Waals surface area (Å²) >= 11 is 0. The third-order valence-electron chi connectivity index (χ3n) is 7.55. The number of nitriles is 1. The average Bonchev–Trinajstić information content (AvgIpc) is 3.07. The van der Waals surface area contributed by atoms with E-state index in [2.05, 4.69) is 49.1 Å². The van der Waals surface area contributed by atoms with Crippen LogP contribution in [-0.2, 0) is 9.59 Å². The summed E-state index contributed by atoms with van der Waals surface area (Å²) in [6, 6.07) is 9.79. The minimum atomic E-state index is -0.685. The number of aryl methyl sites for hydroxylation is 1. The highest BCUT2D eigenvalue weighted by atomic mass is 16.2. The van der Waals surface area contributed by atoms with Crippen molar-refractivity contribution >= 4 is 11.8 Å². The number of benzene rings is 1. The Morgan fingerprint density at radius 1 is 1.27 bits per heavy atom. The molecule has 7 atom stereocenters. The molecular formula is C23H29N5O2. The number of hydrogen-bond donors (Lipinski definition) is 1. The molecule has 2 amide bonds. The number of amides is 2. The molecule has 2 bridgehead atoms. The van der Waals surface area contributed by atoms with Gasteiger partial charge in [-0.3, -0.25) is 14.5 Å². The zero-order chi connectivity index (χ0) is 21.2. The van der Waals surface area contributed by atoms with Crippen LogP contribution in [0.5, 0.6) is 0 Å². The van der Waals surface area contributed by atoms with Crippen molar-refractivity contribution in [3.05, 3.63) is 35.4 Å².